The van der Waals surface area contributed by atoms with Crippen molar-refractivity contribution in [1.29, 1.82) is 0 Å². The smallest absolute Gasteiger partial charge is 0.241 e. The third kappa shape index (κ3) is 4.56. The first-order valence-electron chi connectivity index (χ1n) is 6.53. The van der Waals surface area contributed by atoms with Crippen molar-refractivity contribution in [2.24, 2.45) is 11.7 Å². The van der Waals surface area contributed by atoms with E-state index < -0.39 is 10.0 Å². The molecule has 0 amide bonds. The average molecular weight is 400 g/mol. The van der Waals surface area contributed by atoms with Crippen molar-refractivity contribution in [3.05, 3.63) is 22.7 Å². The van der Waals surface area contributed by atoms with Gasteiger partial charge in [-0.2, -0.15) is 0 Å². The fourth-order valence-corrected chi connectivity index (χ4v) is 4.57. The summed E-state index contributed by atoms with van der Waals surface area (Å²) in [6, 6.07) is 4.73. The molecule has 1 aromatic rings. The van der Waals surface area contributed by atoms with Gasteiger partial charge in [0.2, 0.25) is 10.0 Å². The molecular formula is C13H20BrClN2O3S. The predicted molar refractivity (Wildman–Crippen MR) is 88.4 cm³/mol. The van der Waals surface area contributed by atoms with E-state index in [-0.39, 0.29) is 29.3 Å². The van der Waals surface area contributed by atoms with E-state index in [4.69, 9.17) is 10.5 Å². The number of nitrogens with one attached hydrogen (secondary N) is 1. The molecule has 0 saturated heterocycles. The van der Waals surface area contributed by atoms with Gasteiger partial charge in [-0.25, -0.2) is 13.1 Å². The first kappa shape index (κ1) is 18.7. The average Bonchev–Trinajstić information content (AvgIpc) is 2.84. The van der Waals surface area contributed by atoms with E-state index in [9.17, 15) is 8.42 Å². The Hall–Kier alpha value is -0.340. The number of hydrogen-bond acceptors (Lipinski definition) is 4. The van der Waals surface area contributed by atoms with Crippen molar-refractivity contribution in [2.75, 3.05) is 13.7 Å². The van der Waals surface area contributed by atoms with Crippen molar-refractivity contribution in [1.82, 2.24) is 4.72 Å². The van der Waals surface area contributed by atoms with Gasteiger partial charge >= 0.3 is 0 Å². The zero-order chi connectivity index (χ0) is 14.8. The Kier molecular flexibility index (Phi) is 6.93. The molecule has 1 saturated carbocycles. The summed E-state index contributed by atoms with van der Waals surface area (Å²) >= 11 is 3.29. The fraction of sp³-hybridized carbons (Fsp3) is 0.538. The number of methoxy groups -OCH3 is 1. The van der Waals surface area contributed by atoms with Crippen LogP contribution in [0.3, 0.4) is 0 Å². The van der Waals surface area contributed by atoms with Crippen molar-refractivity contribution in [2.45, 2.75) is 30.2 Å². The van der Waals surface area contributed by atoms with Gasteiger partial charge in [0.05, 0.1) is 12.0 Å². The van der Waals surface area contributed by atoms with E-state index in [2.05, 4.69) is 20.7 Å². The number of rotatable bonds is 5. The molecule has 8 heteroatoms. The van der Waals surface area contributed by atoms with Gasteiger partial charge in [0.1, 0.15) is 5.75 Å². The summed E-state index contributed by atoms with van der Waals surface area (Å²) in [7, 11) is -2.05. The molecule has 3 N–H and O–H groups in total. The molecule has 0 aromatic heterocycles. The lowest BCUT2D eigenvalue weighted by atomic mass is 10.1. The Labute approximate surface area is 140 Å². The van der Waals surface area contributed by atoms with Crippen LogP contribution in [0.2, 0.25) is 0 Å². The second kappa shape index (κ2) is 7.78. The molecule has 0 spiro atoms. The molecule has 21 heavy (non-hydrogen) atoms. The van der Waals surface area contributed by atoms with Crippen LogP contribution in [-0.2, 0) is 10.0 Å². The maximum Gasteiger partial charge on any atom is 0.241 e. The van der Waals surface area contributed by atoms with Crippen LogP contribution in [0.1, 0.15) is 19.3 Å². The number of sulfonamides is 1. The zero-order valence-electron chi connectivity index (χ0n) is 11.7. The second-order valence-electron chi connectivity index (χ2n) is 4.98. The number of nitrogens with two attached hydrogens (primary N) is 1. The second-order valence-corrected chi connectivity index (χ2v) is 7.61. The number of hydrogen-bond donors (Lipinski definition) is 2. The third-order valence-corrected chi connectivity index (χ3v) is 5.59. The molecule has 1 aromatic carbocycles. The lowest BCUT2D eigenvalue weighted by molar-refractivity contribution is 0.412. The van der Waals surface area contributed by atoms with Gasteiger partial charge in [-0.1, -0.05) is 22.4 Å². The molecule has 0 aliphatic heterocycles. The van der Waals surface area contributed by atoms with E-state index in [0.29, 0.717) is 16.8 Å². The molecule has 1 fully saturated rings. The molecular weight excluding hydrogens is 380 g/mol. The lowest BCUT2D eigenvalue weighted by Crippen LogP contribution is -2.39. The molecule has 120 valence electrons. The van der Waals surface area contributed by atoms with Gasteiger partial charge in [0, 0.05) is 16.6 Å². The maximum atomic E-state index is 12.4. The Morgan fingerprint density at radius 2 is 2.10 bits per heavy atom. The summed E-state index contributed by atoms with van der Waals surface area (Å²) in [5.74, 6) is 0.723. The van der Waals surface area contributed by atoms with Crippen molar-refractivity contribution < 1.29 is 13.2 Å². The molecule has 2 rings (SSSR count). The van der Waals surface area contributed by atoms with Crippen LogP contribution in [0.25, 0.3) is 0 Å². The minimum absolute atomic E-state index is 0. The van der Waals surface area contributed by atoms with Crippen LogP contribution in [0.15, 0.2) is 27.6 Å². The largest absolute Gasteiger partial charge is 0.497 e. The van der Waals surface area contributed by atoms with E-state index in [1.165, 1.54) is 13.2 Å². The predicted octanol–water partition coefficient (Wildman–Crippen LogP) is 2.29. The maximum absolute atomic E-state index is 12.4. The van der Waals surface area contributed by atoms with Gasteiger partial charge < -0.3 is 10.5 Å². The highest BCUT2D eigenvalue weighted by atomic mass is 79.9. The highest BCUT2D eigenvalue weighted by molar-refractivity contribution is 9.10. The number of benzene rings is 1. The van der Waals surface area contributed by atoms with Gasteiger partial charge in [0.15, 0.2) is 0 Å². The Morgan fingerprint density at radius 3 is 2.71 bits per heavy atom. The molecule has 1 aliphatic carbocycles. The molecule has 0 heterocycles. The van der Waals surface area contributed by atoms with E-state index in [0.717, 1.165) is 19.3 Å². The molecule has 5 nitrogen and oxygen atoms in total. The zero-order valence-corrected chi connectivity index (χ0v) is 14.9. The summed E-state index contributed by atoms with van der Waals surface area (Å²) in [6.07, 6.45) is 2.83. The molecule has 2 atom stereocenters. The first-order chi connectivity index (χ1) is 9.46. The molecule has 2 unspecified atom stereocenters. The lowest BCUT2D eigenvalue weighted by Gasteiger charge is -2.19. The number of halogens is 2. The topological polar surface area (TPSA) is 81.4 Å². The van der Waals surface area contributed by atoms with Crippen molar-refractivity contribution in [3.63, 3.8) is 0 Å². The van der Waals surface area contributed by atoms with Gasteiger partial charge in [-0.3, -0.25) is 0 Å². The standard InChI is InChI=1S/C13H19BrN2O3S.ClH/c1-19-11-5-10(14)6-12(7-11)20(17,18)16-13-4-2-3-9(13)8-15;/h5-7,9,13,16H,2-4,8,15H2,1H3;1H. The molecule has 0 bridgehead atoms. The quantitative estimate of drug-likeness (QED) is 0.796. The Balaban J connectivity index is 0.00000220. The molecule has 0 radical (unpaired) electrons. The van der Waals surface area contributed by atoms with Crippen molar-refractivity contribution in [3.8, 4) is 5.75 Å². The van der Waals surface area contributed by atoms with Gasteiger partial charge in [-0.05, 0) is 37.4 Å². The van der Waals surface area contributed by atoms with Crippen molar-refractivity contribution >= 4 is 38.4 Å². The SMILES string of the molecule is COc1cc(Br)cc(S(=O)(=O)NC2CCCC2CN)c1.Cl. The van der Waals surface area contributed by atoms with Crippen LogP contribution in [0.4, 0.5) is 0 Å². The van der Waals surface area contributed by atoms with Crippen LogP contribution < -0.4 is 15.2 Å². The highest BCUT2D eigenvalue weighted by Gasteiger charge is 2.30. The van der Waals surface area contributed by atoms with E-state index in [1.807, 2.05) is 0 Å². The van der Waals surface area contributed by atoms with Crippen LogP contribution in [-0.4, -0.2) is 28.1 Å². The third-order valence-electron chi connectivity index (χ3n) is 3.66. The first-order valence-corrected chi connectivity index (χ1v) is 8.81. The van der Waals surface area contributed by atoms with Gasteiger partial charge in [0.25, 0.3) is 0 Å². The Morgan fingerprint density at radius 1 is 1.38 bits per heavy atom. The fourth-order valence-electron chi connectivity index (χ4n) is 2.55. The summed E-state index contributed by atoms with van der Waals surface area (Å²) in [6.45, 7) is 0.509. The highest BCUT2D eigenvalue weighted by Crippen LogP contribution is 2.28. The van der Waals surface area contributed by atoms with Crippen LogP contribution in [0.5, 0.6) is 5.75 Å². The summed E-state index contributed by atoms with van der Waals surface area (Å²) in [5, 5.41) is 0. The van der Waals surface area contributed by atoms with Gasteiger partial charge in [-0.15, -0.1) is 12.4 Å². The summed E-state index contributed by atoms with van der Waals surface area (Å²) < 4.78 is 33.4. The normalized spacial score (nSPS) is 21.9. The van der Waals surface area contributed by atoms with Crippen LogP contribution in [0, 0.1) is 5.92 Å². The Bertz CT molecular complexity index is 583. The van der Waals surface area contributed by atoms with E-state index >= 15 is 0 Å². The minimum Gasteiger partial charge on any atom is -0.497 e. The van der Waals surface area contributed by atoms with E-state index in [1.54, 1.807) is 12.1 Å². The summed E-state index contributed by atoms with van der Waals surface area (Å²) in [4.78, 5) is 0.200. The monoisotopic (exact) mass is 398 g/mol. The number of ether oxygens (including phenoxy) is 1. The minimum atomic E-state index is -3.56. The summed E-state index contributed by atoms with van der Waals surface area (Å²) in [5.41, 5.74) is 5.69. The van der Waals surface area contributed by atoms with Crippen LogP contribution >= 0.6 is 28.3 Å². The molecule has 1 aliphatic rings.